The number of nitrogens with one attached hydrogen (secondary N) is 2. The topological polar surface area (TPSA) is 50.4 Å². The van der Waals surface area contributed by atoms with Crippen molar-refractivity contribution in [2.75, 3.05) is 20.2 Å². The SMILES string of the molecule is CO[C@@H]1CN[C@@H](C(=O)NCC2(c3c(F)cccc3F)CCCC2)C1. The summed E-state index contributed by atoms with van der Waals surface area (Å²) in [7, 11) is 1.63. The van der Waals surface area contributed by atoms with Crippen molar-refractivity contribution in [2.24, 2.45) is 0 Å². The molecule has 3 rings (SSSR count). The Balaban J connectivity index is 1.72. The Hall–Kier alpha value is -1.53. The van der Waals surface area contributed by atoms with Gasteiger partial charge in [-0.15, -0.1) is 0 Å². The van der Waals surface area contributed by atoms with E-state index in [0.29, 0.717) is 25.8 Å². The molecule has 1 saturated carbocycles. The summed E-state index contributed by atoms with van der Waals surface area (Å²) < 4.78 is 33.8. The zero-order valence-corrected chi connectivity index (χ0v) is 13.9. The second kappa shape index (κ2) is 7.15. The fourth-order valence-corrected chi connectivity index (χ4v) is 4.03. The van der Waals surface area contributed by atoms with Crippen LogP contribution in [0.1, 0.15) is 37.7 Å². The molecule has 1 aliphatic heterocycles. The Kier molecular flexibility index (Phi) is 5.15. The van der Waals surface area contributed by atoms with E-state index in [2.05, 4.69) is 10.6 Å². The van der Waals surface area contributed by atoms with Crippen LogP contribution in [0, 0.1) is 11.6 Å². The van der Waals surface area contributed by atoms with Crippen LogP contribution in [0.25, 0.3) is 0 Å². The van der Waals surface area contributed by atoms with Gasteiger partial charge in [0, 0.05) is 31.2 Å². The van der Waals surface area contributed by atoms with Crippen molar-refractivity contribution in [3.63, 3.8) is 0 Å². The Bertz CT molecular complexity index is 582. The molecular formula is C18H24F2N2O2. The van der Waals surface area contributed by atoms with E-state index in [-0.39, 0.29) is 30.2 Å². The molecule has 6 heteroatoms. The van der Waals surface area contributed by atoms with Gasteiger partial charge in [-0.3, -0.25) is 4.79 Å². The lowest BCUT2D eigenvalue weighted by molar-refractivity contribution is -0.123. The summed E-state index contributed by atoms with van der Waals surface area (Å²) >= 11 is 0. The summed E-state index contributed by atoms with van der Waals surface area (Å²) in [6, 6.07) is 3.66. The van der Waals surface area contributed by atoms with E-state index in [1.807, 2.05) is 0 Å². The first kappa shape index (κ1) is 17.3. The summed E-state index contributed by atoms with van der Waals surface area (Å²) in [5.41, 5.74) is -0.526. The summed E-state index contributed by atoms with van der Waals surface area (Å²) in [6.45, 7) is 0.904. The number of carbonyl (C=O) groups is 1. The third kappa shape index (κ3) is 3.30. The fourth-order valence-electron chi connectivity index (χ4n) is 4.03. The fraction of sp³-hybridized carbons (Fsp3) is 0.611. The van der Waals surface area contributed by atoms with Crippen molar-refractivity contribution in [3.8, 4) is 0 Å². The molecule has 0 bridgehead atoms. The number of halogens is 2. The second-order valence-electron chi connectivity index (χ2n) is 6.86. The van der Waals surface area contributed by atoms with Crippen LogP contribution in [-0.4, -0.2) is 38.3 Å². The zero-order chi connectivity index (χ0) is 17.2. The molecule has 0 radical (unpaired) electrons. The minimum Gasteiger partial charge on any atom is -0.380 e. The van der Waals surface area contributed by atoms with Crippen molar-refractivity contribution in [2.45, 2.75) is 49.7 Å². The molecule has 1 aromatic rings. The van der Waals surface area contributed by atoms with Crippen molar-refractivity contribution < 1.29 is 18.3 Å². The highest BCUT2D eigenvalue weighted by molar-refractivity contribution is 5.82. The van der Waals surface area contributed by atoms with Gasteiger partial charge in [0.1, 0.15) is 11.6 Å². The molecular weight excluding hydrogens is 314 g/mol. The van der Waals surface area contributed by atoms with Crippen molar-refractivity contribution in [1.82, 2.24) is 10.6 Å². The monoisotopic (exact) mass is 338 g/mol. The predicted octanol–water partition coefficient (Wildman–Crippen LogP) is 2.27. The van der Waals surface area contributed by atoms with Crippen molar-refractivity contribution >= 4 is 5.91 Å². The molecule has 24 heavy (non-hydrogen) atoms. The predicted molar refractivity (Wildman–Crippen MR) is 86.7 cm³/mol. The molecule has 1 aromatic carbocycles. The van der Waals surface area contributed by atoms with Gasteiger partial charge in [-0.1, -0.05) is 18.9 Å². The van der Waals surface area contributed by atoms with E-state index in [1.54, 1.807) is 7.11 Å². The standard InChI is InChI=1S/C18H24F2N2O2/c1-24-12-9-15(21-10-12)17(23)22-11-18(7-2-3-8-18)16-13(19)5-4-6-14(16)20/h4-6,12,15,21H,2-3,7-11H2,1H3,(H,22,23)/t12-,15+/m0/s1. The zero-order valence-electron chi connectivity index (χ0n) is 13.9. The van der Waals surface area contributed by atoms with Crippen LogP contribution in [0.3, 0.4) is 0 Å². The maximum absolute atomic E-state index is 14.3. The van der Waals surface area contributed by atoms with Crippen LogP contribution in [-0.2, 0) is 14.9 Å². The highest BCUT2D eigenvalue weighted by Gasteiger charge is 2.41. The molecule has 1 saturated heterocycles. The first-order valence-corrected chi connectivity index (χ1v) is 8.54. The van der Waals surface area contributed by atoms with Crippen LogP contribution in [0.4, 0.5) is 8.78 Å². The first-order chi connectivity index (χ1) is 11.6. The van der Waals surface area contributed by atoms with E-state index < -0.39 is 17.0 Å². The Morgan fingerprint density at radius 2 is 2.00 bits per heavy atom. The van der Waals surface area contributed by atoms with Gasteiger partial charge >= 0.3 is 0 Å². The van der Waals surface area contributed by atoms with Crippen LogP contribution < -0.4 is 10.6 Å². The maximum Gasteiger partial charge on any atom is 0.237 e. The molecule has 1 amide bonds. The number of methoxy groups -OCH3 is 1. The van der Waals surface area contributed by atoms with Crippen molar-refractivity contribution in [1.29, 1.82) is 0 Å². The normalized spacial score (nSPS) is 25.8. The van der Waals surface area contributed by atoms with Gasteiger partial charge in [-0.05, 0) is 31.4 Å². The first-order valence-electron chi connectivity index (χ1n) is 8.54. The molecule has 1 aliphatic carbocycles. The lowest BCUT2D eigenvalue weighted by Crippen LogP contribution is -2.46. The van der Waals surface area contributed by atoms with Gasteiger partial charge in [-0.25, -0.2) is 8.78 Å². The Morgan fingerprint density at radius 1 is 1.33 bits per heavy atom. The lowest BCUT2D eigenvalue weighted by atomic mass is 9.78. The largest absolute Gasteiger partial charge is 0.380 e. The van der Waals surface area contributed by atoms with Gasteiger partial charge in [0.15, 0.2) is 0 Å². The number of amides is 1. The Morgan fingerprint density at radius 3 is 2.58 bits per heavy atom. The van der Waals surface area contributed by atoms with E-state index in [0.717, 1.165) is 12.8 Å². The number of hydrogen-bond donors (Lipinski definition) is 2. The lowest BCUT2D eigenvalue weighted by Gasteiger charge is -2.31. The van der Waals surface area contributed by atoms with E-state index in [4.69, 9.17) is 4.74 Å². The average Bonchev–Trinajstić information content (AvgIpc) is 3.22. The number of benzene rings is 1. The van der Waals surface area contributed by atoms with Crippen molar-refractivity contribution in [3.05, 3.63) is 35.4 Å². The minimum atomic E-state index is -0.648. The van der Waals surface area contributed by atoms with E-state index >= 15 is 0 Å². The van der Waals surface area contributed by atoms with E-state index in [9.17, 15) is 13.6 Å². The third-order valence-electron chi connectivity index (χ3n) is 5.40. The molecule has 0 spiro atoms. The maximum atomic E-state index is 14.3. The van der Waals surface area contributed by atoms with Crippen LogP contribution >= 0.6 is 0 Å². The molecule has 0 aromatic heterocycles. The number of rotatable bonds is 5. The van der Waals surface area contributed by atoms with Gasteiger partial charge in [-0.2, -0.15) is 0 Å². The molecule has 2 aliphatic rings. The number of ether oxygens (including phenoxy) is 1. The van der Waals surface area contributed by atoms with Gasteiger partial charge in [0.05, 0.1) is 12.1 Å². The summed E-state index contributed by atoms with van der Waals surface area (Å²) in [6.07, 6.45) is 3.84. The quantitative estimate of drug-likeness (QED) is 0.866. The molecule has 0 unspecified atom stereocenters. The third-order valence-corrected chi connectivity index (χ3v) is 5.40. The second-order valence-corrected chi connectivity index (χ2v) is 6.86. The van der Waals surface area contributed by atoms with Gasteiger partial charge < -0.3 is 15.4 Å². The average molecular weight is 338 g/mol. The van der Waals surface area contributed by atoms with E-state index in [1.165, 1.54) is 18.2 Å². The van der Waals surface area contributed by atoms with Gasteiger partial charge in [0.2, 0.25) is 5.91 Å². The number of hydrogen-bond acceptors (Lipinski definition) is 3. The highest BCUT2D eigenvalue weighted by Crippen LogP contribution is 2.42. The minimum absolute atomic E-state index is 0.0326. The smallest absolute Gasteiger partial charge is 0.237 e. The molecule has 1 heterocycles. The summed E-state index contributed by atoms with van der Waals surface area (Å²) in [4.78, 5) is 12.4. The highest BCUT2D eigenvalue weighted by atomic mass is 19.1. The number of carbonyl (C=O) groups excluding carboxylic acids is 1. The molecule has 2 fully saturated rings. The van der Waals surface area contributed by atoms with Crippen LogP contribution in [0.15, 0.2) is 18.2 Å². The summed E-state index contributed by atoms with van der Waals surface area (Å²) in [5.74, 6) is -1.17. The Labute approximate surface area is 141 Å². The molecule has 4 nitrogen and oxygen atoms in total. The molecule has 2 atom stereocenters. The van der Waals surface area contributed by atoms with Crippen LogP contribution in [0.2, 0.25) is 0 Å². The summed E-state index contributed by atoms with van der Waals surface area (Å²) in [5, 5.41) is 6.04. The van der Waals surface area contributed by atoms with Gasteiger partial charge in [0.25, 0.3) is 0 Å². The molecule has 2 N–H and O–H groups in total. The van der Waals surface area contributed by atoms with Crippen LogP contribution in [0.5, 0.6) is 0 Å². The molecule has 132 valence electrons.